The number of ether oxygens (including phenoxy) is 1. The zero-order valence-corrected chi connectivity index (χ0v) is 63.9. The van der Waals surface area contributed by atoms with Crippen LogP contribution in [0, 0.1) is 17.2 Å². The van der Waals surface area contributed by atoms with Gasteiger partial charge in [-0.2, -0.15) is 13.2 Å². The second-order valence-electron chi connectivity index (χ2n) is 28.9. The van der Waals surface area contributed by atoms with E-state index in [1.807, 2.05) is 69.7 Å². The smallest absolute Gasteiger partial charge is 0.381 e. The number of nitrogens with one attached hydrogen (secondary N) is 10. The summed E-state index contributed by atoms with van der Waals surface area (Å²) < 4.78 is 57.8. The van der Waals surface area contributed by atoms with E-state index < -0.39 is 35.4 Å². The predicted octanol–water partition coefficient (Wildman–Crippen LogP) is 13.3. The first-order valence-corrected chi connectivity index (χ1v) is 38.0. The lowest BCUT2D eigenvalue weighted by molar-refractivity contribution is -0.148. The molecule has 2 saturated heterocycles. The Hall–Kier alpha value is -10.8. The number of pyridine rings is 4. The first kappa shape index (κ1) is 77.9. The van der Waals surface area contributed by atoms with Crippen molar-refractivity contribution in [2.45, 2.75) is 140 Å². The number of rotatable bonds is 20. The maximum atomic E-state index is 14.6. The molecule has 5 fully saturated rings. The van der Waals surface area contributed by atoms with Crippen LogP contribution in [0.15, 0.2) is 117 Å². The van der Waals surface area contributed by atoms with Gasteiger partial charge in [-0.15, -0.1) is 0 Å². The maximum absolute atomic E-state index is 14.6. The summed E-state index contributed by atoms with van der Waals surface area (Å²) >= 11 is 24.3. The molecule has 0 bridgehead atoms. The Balaban J connectivity index is 0.000000124. The van der Waals surface area contributed by atoms with E-state index in [9.17, 15) is 36.7 Å². The van der Waals surface area contributed by atoms with Gasteiger partial charge in [0, 0.05) is 156 Å². The summed E-state index contributed by atoms with van der Waals surface area (Å²) in [5, 5.41) is 22.8. The standard InChI is InChI=1S/C20H18ClF4N5O2.C19H19ClN6O.C19H21ClN6O.C18H19ClN6O/c21-11-5-12-13(8-27-16(12)26-7-11)17-28-9-14(22)15(30-17)6-19(1-3-32-4-2-19)18(31)29-10-20(23,24)25;20-11-8-13-14(10-23-17(13)22-9-11)18-21-6-5-16(25-18)26-7-1-2-15(26)19(27)24-12-3-4-12;1-10(2)16(19(27)24-12-3-4-12)25-15-5-6-21-18(26-15)14-9-23-17-13(14)7-11(20)8-22-17;1-18(2,17(26)23-11-3-4-11)25-14-5-6-20-16(24-14)13-9-22-15-12(13)7-10(19)8-21-15/h5,7-9H,1-4,6,10H2,(H,26,27)(H,29,31);5-6,8-10,12,15H,1-4,7H2,(H,22,23)(H,24,27);5-10,12,16H,3-4H2,1-2H3,(H,22,23)(H,24,27)(H,21,25,26);5-9,11H,3-4H2,1-2H3,(H,21,22)(H,23,26)(H,20,24,25)/t;15-;16-;/m.11./s1. The lowest BCUT2D eigenvalue weighted by Gasteiger charge is -2.35. The largest absolute Gasteiger partial charge is 0.405 e. The number of carbonyl (C=O) groups is 4. The second-order valence-corrected chi connectivity index (χ2v) is 30.7. The van der Waals surface area contributed by atoms with Crippen LogP contribution in [0.4, 0.5) is 35.0 Å². The number of hydrogen-bond acceptors (Lipinski definition) is 20. The van der Waals surface area contributed by atoms with E-state index in [0.29, 0.717) is 83.9 Å². The molecule has 0 spiro atoms. The normalized spacial score (nSPS) is 16.4. The molecule has 36 heteroatoms. The number of aromatic amines is 4. The van der Waals surface area contributed by atoms with E-state index in [-0.39, 0.29) is 79.7 Å². The quantitative estimate of drug-likeness (QED) is 0.0317. The first-order chi connectivity index (χ1) is 53.8. The lowest BCUT2D eigenvalue weighted by Crippen LogP contribution is -2.48. The summed E-state index contributed by atoms with van der Waals surface area (Å²) in [5.41, 5.74) is 3.59. The predicted molar refractivity (Wildman–Crippen MR) is 418 cm³/mol. The van der Waals surface area contributed by atoms with Gasteiger partial charge in [0.05, 0.1) is 37.4 Å². The van der Waals surface area contributed by atoms with Gasteiger partial charge in [-0.25, -0.2) is 64.2 Å². The molecule has 2 aliphatic heterocycles. The van der Waals surface area contributed by atoms with Crippen molar-refractivity contribution in [3.05, 3.63) is 148 Å². The van der Waals surface area contributed by atoms with Crippen molar-refractivity contribution in [1.29, 1.82) is 0 Å². The van der Waals surface area contributed by atoms with Gasteiger partial charge < -0.3 is 61.5 Å². The van der Waals surface area contributed by atoms with Gasteiger partial charge in [-0.1, -0.05) is 60.3 Å². The summed E-state index contributed by atoms with van der Waals surface area (Å²) in [6.07, 6.45) is 23.1. The number of hydrogen-bond donors (Lipinski definition) is 10. The third-order valence-electron chi connectivity index (χ3n) is 19.5. The summed E-state index contributed by atoms with van der Waals surface area (Å²) in [6.45, 7) is 7.40. The summed E-state index contributed by atoms with van der Waals surface area (Å²) in [6, 6.07) is 13.0. The Morgan fingerprint density at radius 1 is 0.580 bits per heavy atom. The summed E-state index contributed by atoms with van der Waals surface area (Å²) in [7, 11) is 0. The van der Waals surface area contributed by atoms with Crippen LogP contribution >= 0.6 is 46.4 Å². The van der Waals surface area contributed by atoms with Crippen molar-refractivity contribution in [1.82, 2.24) is 101 Å². The fourth-order valence-corrected chi connectivity index (χ4v) is 13.7. The van der Waals surface area contributed by atoms with E-state index in [1.165, 1.54) is 6.20 Å². The van der Waals surface area contributed by atoms with Gasteiger partial charge in [0.2, 0.25) is 23.6 Å². The van der Waals surface area contributed by atoms with Crippen LogP contribution in [-0.2, 0) is 30.3 Å². The fourth-order valence-electron chi connectivity index (χ4n) is 13.0. The highest BCUT2D eigenvalue weighted by atomic mass is 35.5. The van der Waals surface area contributed by atoms with E-state index >= 15 is 0 Å². The van der Waals surface area contributed by atoms with E-state index in [4.69, 9.17) is 56.1 Å². The molecule has 0 aromatic carbocycles. The van der Waals surface area contributed by atoms with Crippen LogP contribution in [-0.4, -0.2) is 172 Å². The minimum Gasteiger partial charge on any atom is -0.381 e. The summed E-state index contributed by atoms with van der Waals surface area (Å²) in [5.74, 6) is 2.45. The second kappa shape index (κ2) is 33.3. The Bertz CT molecular complexity index is 5430. The van der Waals surface area contributed by atoms with Crippen molar-refractivity contribution in [2.75, 3.05) is 41.8 Å². The average Bonchev–Trinajstić information content (AvgIpc) is 1.61. The van der Waals surface area contributed by atoms with Crippen LogP contribution in [0.1, 0.15) is 97.6 Å². The minimum atomic E-state index is -4.56. The van der Waals surface area contributed by atoms with Gasteiger partial charge >= 0.3 is 6.18 Å². The molecule has 5 aliphatic rings. The molecule has 112 heavy (non-hydrogen) atoms. The molecule has 582 valence electrons. The molecular weight excluding hydrogens is 1530 g/mol. The number of halogens is 8. The van der Waals surface area contributed by atoms with Gasteiger partial charge in [0.1, 0.15) is 64.2 Å². The Morgan fingerprint density at radius 3 is 1.53 bits per heavy atom. The average molecular weight is 1610 g/mol. The summed E-state index contributed by atoms with van der Waals surface area (Å²) in [4.78, 5) is 117. The maximum Gasteiger partial charge on any atom is 0.405 e. The molecule has 28 nitrogen and oxygen atoms in total. The van der Waals surface area contributed by atoms with Crippen molar-refractivity contribution >= 4 is 132 Å². The topological polar surface area (TPSA) is 371 Å². The number of H-pyrrole nitrogens is 4. The zero-order valence-electron chi connectivity index (χ0n) is 60.9. The van der Waals surface area contributed by atoms with E-state index in [2.05, 4.69) is 106 Å². The highest BCUT2D eigenvalue weighted by Gasteiger charge is 2.44. The Kier molecular flexibility index (Phi) is 23.1. The molecule has 12 aromatic heterocycles. The number of carbonyl (C=O) groups excluding carboxylic acids is 4. The van der Waals surface area contributed by atoms with Crippen LogP contribution in [0.5, 0.6) is 0 Å². The van der Waals surface area contributed by atoms with Gasteiger partial charge in [0.25, 0.3) is 0 Å². The number of alkyl halides is 3. The third kappa shape index (κ3) is 18.9. The van der Waals surface area contributed by atoms with Crippen molar-refractivity contribution in [3.8, 4) is 45.6 Å². The van der Waals surface area contributed by atoms with Crippen molar-refractivity contribution < 1.29 is 41.5 Å². The van der Waals surface area contributed by atoms with Gasteiger partial charge in [-0.3, -0.25) is 19.2 Å². The molecule has 3 saturated carbocycles. The lowest BCUT2D eigenvalue weighted by atomic mass is 9.75. The number of aromatic nitrogens is 16. The molecule has 0 unspecified atom stereocenters. The zero-order chi connectivity index (χ0) is 78.6. The minimum absolute atomic E-state index is 0.00994. The van der Waals surface area contributed by atoms with Gasteiger partial charge in [-0.05, 0) is 126 Å². The van der Waals surface area contributed by atoms with Crippen LogP contribution in [0.3, 0.4) is 0 Å². The van der Waals surface area contributed by atoms with Crippen LogP contribution in [0.25, 0.3) is 89.7 Å². The molecule has 10 N–H and O–H groups in total. The number of amides is 4. The highest BCUT2D eigenvalue weighted by molar-refractivity contribution is 6.32. The molecule has 12 aromatic rings. The fraction of sp³-hybridized carbons (Fsp3) is 0.368. The number of fused-ring (bicyclic) bond motifs is 4. The van der Waals surface area contributed by atoms with E-state index in [1.54, 1.807) is 67.8 Å². The molecule has 0 radical (unpaired) electrons. The Labute approximate surface area is 657 Å². The molecule has 4 amide bonds. The first-order valence-electron chi connectivity index (χ1n) is 36.5. The molecule has 3 aliphatic carbocycles. The third-order valence-corrected chi connectivity index (χ3v) is 20.3. The SMILES string of the molecule is CC(C)(Nc1ccnc(-c2c[nH]c3ncc(Cl)cc23)n1)C(=O)NC1CC1.CC(C)[C@@H](Nc1ccnc(-c2c[nH]c3ncc(Cl)cc23)n1)C(=O)NC1CC1.O=C(NC1CC1)[C@H]1CCCN1c1ccnc(-c2c[nH]c3ncc(Cl)cc23)n1.O=C(NCC(F)(F)F)C1(Cc2nc(-c3c[nH]c4ncc(Cl)cc34)ncc2F)CCOCC1. The molecule has 17 rings (SSSR count). The number of anilines is 3. The van der Waals surface area contributed by atoms with Crippen molar-refractivity contribution in [3.63, 3.8) is 0 Å². The van der Waals surface area contributed by atoms with Crippen LogP contribution < -0.4 is 36.8 Å². The monoisotopic (exact) mass is 1610 g/mol. The van der Waals surface area contributed by atoms with Gasteiger partial charge in [0.15, 0.2) is 29.1 Å². The molecule has 2 atom stereocenters. The number of nitrogens with zero attached hydrogens (tertiary/aromatic N) is 13. The molecular formula is C76H77Cl4F4N23O5. The van der Waals surface area contributed by atoms with E-state index in [0.717, 1.165) is 120 Å². The Morgan fingerprint density at radius 2 is 1.04 bits per heavy atom. The van der Waals surface area contributed by atoms with Crippen molar-refractivity contribution in [2.24, 2.45) is 11.3 Å². The highest BCUT2D eigenvalue weighted by Crippen LogP contribution is 2.38. The molecule has 14 heterocycles. The van der Waals surface area contributed by atoms with Crippen LogP contribution in [0.2, 0.25) is 20.1 Å².